The number of rotatable bonds is 5. The van der Waals surface area contributed by atoms with Crippen LogP contribution in [-0.2, 0) is 4.79 Å². The highest BCUT2D eigenvalue weighted by Crippen LogP contribution is 2.00. The summed E-state index contributed by atoms with van der Waals surface area (Å²) in [6.45, 7) is 3.55. The third-order valence-electron chi connectivity index (χ3n) is 1.99. The third-order valence-corrected chi connectivity index (χ3v) is 1.99. The molecule has 15 heavy (non-hydrogen) atoms. The predicted octanol–water partition coefficient (Wildman–Crippen LogP) is 1.56. The van der Waals surface area contributed by atoms with Crippen LogP contribution in [0, 0.1) is 0 Å². The van der Waals surface area contributed by atoms with Gasteiger partial charge in [0.05, 0.1) is 6.04 Å². The molecule has 3 nitrogen and oxygen atoms in total. The van der Waals surface area contributed by atoms with Crippen molar-refractivity contribution in [2.24, 2.45) is 0 Å². The van der Waals surface area contributed by atoms with Crippen LogP contribution in [0.2, 0.25) is 0 Å². The minimum Gasteiger partial charge on any atom is -0.345 e. The Labute approximate surface area is 88.8 Å². The average Bonchev–Trinajstić information content (AvgIpc) is 2.29. The highest BCUT2D eigenvalue weighted by molar-refractivity contribution is 5.94. The van der Waals surface area contributed by atoms with Gasteiger partial charge in [-0.15, -0.1) is 6.58 Å². The molecule has 0 spiro atoms. The standard InChI is InChI=1S/C12H13NO2/c1-2-11(8-9-14)13-12(15)10-6-4-3-5-7-10/h2-7,9,11H,1,8H2,(H,13,15). The Hall–Kier alpha value is -1.90. The van der Waals surface area contributed by atoms with Crippen molar-refractivity contribution in [3.63, 3.8) is 0 Å². The van der Waals surface area contributed by atoms with Crippen molar-refractivity contribution in [3.8, 4) is 0 Å². The molecular formula is C12H13NO2. The lowest BCUT2D eigenvalue weighted by Crippen LogP contribution is -2.33. The number of hydrogen-bond donors (Lipinski definition) is 1. The molecule has 1 N–H and O–H groups in total. The summed E-state index contributed by atoms with van der Waals surface area (Å²) in [6, 6.07) is 8.56. The van der Waals surface area contributed by atoms with Crippen molar-refractivity contribution in [1.29, 1.82) is 0 Å². The smallest absolute Gasteiger partial charge is 0.251 e. The van der Waals surface area contributed by atoms with Gasteiger partial charge in [-0.05, 0) is 12.1 Å². The van der Waals surface area contributed by atoms with E-state index >= 15 is 0 Å². The van der Waals surface area contributed by atoms with Gasteiger partial charge in [0.15, 0.2) is 0 Å². The van der Waals surface area contributed by atoms with Crippen molar-refractivity contribution in [1.82, 2.24) is 5.32 Å². The lowest BCUT2D eigenvalue weighted by atomic mass is 10.1. The average molecular weight is 203 g/mol. The lowest BCUT2D eigenvalue weighted by Gasteiger charge is -2.11. The summed E-state index contributed by atoms with van der Waals surface area (Å²) in [4.78, 5) is 21.9. The molecule has 1 amide bonds. The fourth-order valence-electron chi connectivity index (χ4n) is 1.16. The molecule has 0 saturated heterocycles. The Morgan fingerprint density at radius 3 is 2.60 bits per heavy atom. The molecule has 1 aromatic carbocycles. The van der Waals surface area contributed by atoms with E-state index < -0.39 is 0 Å². The number of hydrogen-bond acceptors (Lipinski definition) is 2. The van der Waals surface area contributed by atoms with E-state index in [1.807, 2.05) is 6.07 Å². The lowest BCUT2D eigenvalue weighted by molar-refractivity contribution is -0.108. The SMILES string of the molecule is C=CC(CC=O)NC(=O)c1ccccc1. The zero-order valence-corrected chi connectivity index (χ0v) is 8.35. The molecule has 0 aliphatic heterocycles. The van der Waals surface area contributed by atoms with Crippen LogP contribution in [0.5, 0.6) is 0 Å². The Bertz CT molecular complexity index is 346. The quantitative estimate of drug-likeness (QED) is 0.583. The highest BCUT2D eigenvalue weighted by Gasteiger charge is 2.09. The van der Waals surface area contributed by atoms with Crippen molar-refractivity contribution in [2.45, 2.75) is 12.5 Å². The molecule has 0 radical (unpaired) electrons. The van der Waals surface area contributed by atoms with Crippen LogP contribution in [0.3, 0.4) is 0 Å². The fraction of sp³-hybridized carbons (Fsp3) is 0.167. The fourth-order valence-corrected chi connectivity index (χ4v) is 1.16. The largest absolute Gasteiger partial charge is 0.345 e. The van der Waals surface area contributed by atoms with E-state index in [4.69, 9.17) is 0 Å². The first-order valence-electron chi connectivity index (χ1n) is 4.70. The van der Waals surface area contributed by atoms with E-state index in [2.05, 4.69) is 11.9 Å². The summed E-state index contributed by atoms with van der Waals surface area (Å²) < 4.78 is 0. The second kappa shape index (κ2) is 5.75. The van der Waals surface area contributed by atoms with Gasteiger partial charge in [0.2, 0.25) is 0 Å². The predicted molar refractivity (Wildman–Crippen MR) is 58.6 cm³/mol. The van der Waals surface area contributed by atoms with Gasteiger partial charge in [-0.3, -0.25) is 4.79 Å². The van der Waals surface area contributed by atoms with Crippen LogP contribution < -0.4 is 5.32 Å². The number of carbonyl (C=O) groups excluding carboxylic acids is 2. The zero-order chi connectivity index (χ0) is 11.1. The van der Waals surface area contributed by atoms with Gasteiger partial charge < -0.3 is 10.1 Å². The maximum atomic E-state index is 11.6. The van der Waals surface area contributed by atoms with Gasteiger partial charge in [-0.1, -0.05) is 24.3 Å². The van der Waals surface area contributed by atoms with E-state index in [-0.39, 0.29) is 18.4 Å². The van der Waals surface area contributed by atoms with Crippen LogP contribution in [0.4, 0.5) is 0 Å². The van der Waals surface area contributed by atoms with Crippen molar-refractivity contribution >= 4 is 12.2 Å². The molecule has 0 aliphatic carbocycles. The number of carbonyl (C=O) groups is 2. The Morgan fingerprint density at radius 2 is 2.07 bits per heavy atom. The third kappa shape index (κ3) is 3.38. The Kier molecular flexibility index (Phi) is 4.29. The molecule has 0 aliphatic rings. The minimum absolute atomic E-state index is 0.192. The molecule has 1 aromatic rings. The monoisotopic (exact) mass is 203 g/mol. The molecule has 78 valence electrons. The Balaban J connectivity index is 2.62. The number of aldehydes is 1. The summed E-state index contributed by atoms with van der Waals surface area (Å²) in [7, 11) is 0. The maximum Gasteiger partial charge on any atom is 0.251 e. The summed E-state index contributed by atoms with van der Waals surface area (Å²) in [5.41, 5.74) is 0.579. The van der Waals surface area contributed by atoms with Gasteiger partial charge in [0.25, 0.3) is 5.91 Å². The van der Waals surface area contributed by atoms with Crippen LogP contribution >= 0.6 is 0 Å². The minimum atomic E-state index is -0.296. The van der Waals surface area contributed by atoms with Crippen LogP contribution in [-0.4, -0.2) is 18.2 Å². The van der Waals surface area contributed by atoms with Crippen LogP contribution in [0.25, 0.3) is 0 Å². The normalized spacial score (nSPS) is 11.5. The van der Waals surface area contributed by atoms with E-state index in [0.717, 1.165) is 6.29 Å². The van der Waals surface area contributed by atoms with Crippen LogP contribution in [0.15, 0.2) is 43.0 Å². The summed E-state index contributed by atoms with van der Waals surface area (Å²) in [5, 5.41) is 2.70. The molecule has 1 unspecified atom stereocenters. The summed E-state index contributed by atoms with van der Waals surface area (Å²) in [5.74, 6) is -0.192. The molecule has 3 heteroatoms. The van der Waals surface area contributed by atoms with Gasteiger partial charge in [-0.25, -0.2) is 0 Å². The Morgan fingerprint density at radius 1 is 1.40 bits per heavy atom. The first-order valence-corrected chi connectivity index (χ1v) is 4.70. The molecule has 0 saturated carbocycles. The highest BCUT2D eigenvalue weighted by atomic mass is 16.1. The van der Waals surface area contributed by atoms with E-state index in [1.165, 1.54) is 0 Å². The zero-order valence-electron chi connectivity index (χ0n) is 8.35. The number of nitrogens with one attached hydrogen (secondary N) is 1. The maximum absolute atomic E-state index is 11.6. The van der Waals surface area contributed by atoms with Gasteiger partial charge in [0.1, 0.15) is 6.29 Å². The van der Waals surface area contributed by atoms with E-state index in [1.54, 1.807) is 30.3 Å². The molecule has 0 fully saturated rings. The van der Waals surface area contributed by atoms with E-state index in [9.17, 15) is 9.59 Å². The molecule has 0 bridgehead atoms. The van der Waals surface area contributed by atoms with Gasteiger partial charge in [0, 0.05) is 12.0 Å². The molecule has 1 atom stereocenters. The number of amides is 1. The van der Waals surface area contributed by atoms with E-state index in [0.29, 0.717) is 5.56 Å². The van der Waals surface area contributed by atoms with Gasteiger partial charge >= 0.3 is 0 Å². The molecule has 0 aromatic heterocycles. The van der Waals surface area contributed by atoms with Crippen molar-refractivity contribution in [3.05, 3.63) is 48.6 Å². The summed E-state index contributed by atoms with van der Waals surface area (Å²) in [6.07, 6.45) is 2.56. The van der Waals surface area contributed by atoms with Gasteiger partial charge in [-0.2, -0.15) is 0 Å². The molecular weight excluding hydrogens is 190 g/mol. The van der Waals surface area contributed by atoms with Crippen molar-refractivity contribution in [2.75, 3.05) is 0 Å². The molecule has 1 rings (SSSR count). The first kappa shape index (κ1) is 11.2. The van der Waals surface area contributed by atoms with Crippen LogP contribution in [0.1, 0.15) is 16.8 Å². The molecule has 0 heterocycles. The second-order valence-electron chi connectivity index (χ2n) is 3.08. The van der Waals surface area contributed by atoms with Crippen molar-refractivity contribution < 1.29 is 9.59 Å². The first-order chi connectivity index (χ1) is 7.27. The second-order valence-corrected chi connectivity index (χ2v) is 3.08. The summed E-state index contributed by atoms with van der Waals surface area (Å²) >= 11 is 0. The topological polar surface area (TPSA) is 46.2 Å². The number of benzene rings is 1.